The molecule has 0 unspecified atom stereocenters. The molecule has 1 aromatic rings. The number of carbonyl (C=O) groups is 2. The Hall–Kier alpha value is -2.11. The van der Waals surface area contributed by atoms with Gasteiger partial charge in [-0.25, -0.2) is 0 Å². The first kappa shape index (κ1) is 16.3. The summed E-state index contributed by atoms with van der Waals surface area (Å²) in [5.74, 6) is -0.335. The largest absolute Gasteiger partial charge is 0.341 e. The summed E-state index contributed by atoms with van der Waals surface area (Å²) in [5, 5.41) is 2.51. The summed E-state index contributed by atoms with van der Waals surface area (Å²) in [5.41, 5.74) is 0.586. The summed E-state index contributed by atoms with van der Waals surface area (Å²) in [7, 11) is 0. The van der Waals surface area contributed by atoms with Crippen LogP contribution >= 0.6 is 0 Å². The zero-order chi connectivity index (χ0) is 16.1. The summed E-state index contributed by atoms with van der Waals surface area (Å²) < 4.78 is 1.43. The van der Waals surface area contributed by atoms with E-state index in [4.69, 9.17) is 0 Å². The van der Waals surface area contributed by atoms with E-state index >= 15 is 0 Å². The molecule has 1 aliphatic rings. The highest BCUT2D eigenvalue weighted by molar-refractivity contribution is 5.88. The second kappa shape index (κ2) is 7.24. The number of hydrogen-bond acceptors (Lipinski definition) is 3. The van der Waals surface area contributed by atoms with Crippen LogP contribution in [0.5, 0.6) is 0 Å². The number of nitrogens with zero attached hydrogens (tertiary/aromatic N) is 2. The maximum atomic E-state index is 12.4. The van der Waals surface area contributed by atoms with E-state index in [0.29, 0.717) is 5.69 Å². The third-order valence-electron chi connectivity index (χ3n) is 3.96. The normalized spacial score (nSPS) is 15.3. The second-order valence-electron chi connectivity index (χ2n) is 5.76. The molecule has 0 atom stereocenters. The summed E-state index contributed by atoms with van der Waals surface area (Å²) >= 11 is 0. The Labute approximate surface area is 130 Å². The Morgan fingerprint density at radius 3 is 2.36 bits per heavy atom. The molecule has 2 rings (SSSR count). The van der Waals surface area contributed by atoms with Crippen molar-refractivity contribution in [2.45, 2.75) is 46.1 Å². The number of amides is 2. The van der Waals surface area contributed by atoms with E-state index in [1.807, 2.05) is 4.90 Å². The van der Waals surface area contributed by atoms with E-state index in [2.05, 4.69) is 5.32 Å². The zero-order valence-electron chi connectivity index (χ0n) is 13.2. The molecule has 22 heavy (non-hydrogen) atoms. The fraction of sp³-hybridized carbons (Fsp3) is 0.562. The quantitative estimate of drug-likeness (QED) is 0.920. The van der Waals surface area contributed by atoms with Crippen LogP contribution < -0.4 is 10.9 Å². The lowest BCUT2D eigenvalue weighted by molar-refractivity contribution is -0.131. The maximum absolute atomic E-state index is 12.4. The Bertz CT molecular complexity index is 614. The molecular formula is C16H23N3O3. The van der Waals surface area contributed by atoms with E-state index in [0.717, 1.165) is 38.8 Å². The number of carbonyl (C=O) groups excluding carboxylic acids is 2. The number of hydrogen-bond donors (Lipinski definition) is 1. The molecule has 1 aromatic heterocycles. The van der Waals surface area contributed by atoms with Crippen molar-refractivity contribution in [3.63, 3.8) is 0 Å². The number of likely N-dealkylation sites (tertiary alicyclic amines) is 1. The minimum atomic E-state index is -0.335. The molecule has 6 heteroatoms. The van der Waals surface area contributed by atoms with Gasteiger partial charge in [0.2, 0.25) is 11.8 Å². The number of pyridine rings is 1. The van der Waals surface area contributed by atoms with Crippen LogP contribution in [-0.2, 0) is 16.1 Å². The van der Waals surface area contributed by atoms with Crippen LogP contribution in [-0.4, -0.2) is 34.4 Å². The third kappa shape index (κ3) is 3.96. The van der Waals surface area contributed by atoms with E-state index in [-0.39, 0.29) is 29.6 Å². The molecule has 1 aliphatic heterocycles. The van der Waals surface area contributed by atoms with Crippen LogP contribution in [0.1, 0.15) is 38.3 Å². The van der Waals surface area contributed by atoms with Crippen LogP contribution in [0, 0.1) is 6.92 Å². The van der Waals surface area contributed by atoms with Crippen molar-refractivity contribution in [2.75, 3.05) is 18.4 Å². The van der Waals surface area contributed by atoms with Gasteiger partial charge < -0.3 is 14.8 Å². The summed E-state index contributed by atoms with van der Waals surface area (Å²) in [6.45, 7) is 4.69. The fourth-order valence-electron chi connectivity index (χ4n) is 2.71. The van der Waals surface area contributed by atoms with E-state index < -0.39 is 0 Å². The molecule has 0 aliphatic carbocycles. The van der Waals surface area contributed by atoms with Crippen LogP contribution in [0.4, 0.5) is 5.69 Å². The minimum absolute atomic E-state index is 0.0259. The summed E-state index contributed by atoms with van der Waals surface area (Å²) in [6, 6.07) is 3.31. The van der Waals surface area contributed by atoms with Gasteiger partial charge in [-0.15, -0.1) is 0 Å². The average Bonchev–Trinajstić information content (AvgIpc) is 2.75. The van der Waals surface area contributed by atoms with Crippen LogP contribution in [0.2, 0.25) is 0 Å². The number of nitrogens with one attached hydrogen (secondary N) is 1. The lowest BCUT2D eigenvalue weighted by Gasteiger charge is -2.21. The first-order chi connectivity index (χ1) is 10.5. The fourth-order valence-corrected chi connectivity index (χ4v) is 2.71. The van der Waals surface area contributed by atoms with Gasteiger partial charge in [-0.3, -0.25) is 14.4 Å². The summed E-state index contributed by atoms with van der Waals surface area (Å²) in [6.07, 6.45) is 4.35. The predicted octanol–water partition coefficient (Wildman–Crippen LogP) is 1.52. The molecule has 0 aromatic carbocycles. The monoisotopic (exact) mass is 305 g/mol. The van der Waals surface area contributed by atoms with Gasteiger partial charge in [-0.1, -0.05) is 12.8 Å². The second-order valence-corrected chi connectivity index (χ2v) is 5.76. The predicted molar refractivity (Wildman–Crippen MR) is 84.8 cm³/mol. The van der Waals surface area contributed by atoms with Gasteiger partial charge in [0.05, 0.1) is 0 Å². The molecule has 1 fully saturated rings. The first-order valence-corrected chi connectivity index (χ1v) is 7.75. The van der Waals surface area contributed by atoms with Gasteiger partial charge in [0.25, 0.3) is 5.56 Å². The lowest BCUT2D eigenvalue weighted by Crippen LogP contribution is -2.38. The highest BCUT2D eigenvalue weighted by Gasteiger charge is 2.18. The molecule has 0 bridgehead atoms. The van der Waals surface area contributed by atoms with Crippen molar-refractivity contribution in [1.82, 2.24) is 9.47 Å². The topological polar surface area (TPSA) is 71.4 Å². The average molecular weight is 305 g/mol. The molecule has 6 nitrogen and oxygen atoms in total. The highest BCUT2D eigenvalue weighted by Crippen LogP contribution is 2.11. The number of anilines is 1. The molecule has 1 N–H and O–H groups in total. The first-order valence-electron chi connectivity index (χ1n) is 7.75. The standard InChI is InChI=1S/C16H23N3O3/c1-12-7-8-14(17-13(2)20)16(22)19(12)11-15(21)18-9-5-3-4-6-10-18/h7-8H,3-6,9-11H2,1-2H3,(H,17,20). The molecular weight excluding hydrogens is 282 g/mol. The molecule has 1 saturated heterocycles. The number of rotatable bonds is 3. The van der Waals surface area contributed by atoms with E-state index in [9.17, 15) is 14.4 Å². The van der Waals surface area contributed by atoms with Gasteiger partial charge >= 0.3 is 0 Å². The maximum Gasteiger partial charge on any atom is 0.274 e. The van der Waals surface area contributed by atoms with Crippen molar-refractivity contribution in [3.8, 4) is 0 Å². The van der Waals surface area contributed by atoms with Gasteiger partial charge in [0.15, 0.2) is 0 Å². The van der Waals surface area contributed by atoms with Crippen molar-refractivity contribution in [2.24, 2.45) is 0 Å². The minimum Gasteiger partial charge on any atom is -0.341 e. The Morgan fingerprint density at radius 2 is 1.77 bits per heavy atom. The third-order valence-corrected chi connectivity index (χ3v) is 3.96. The van der Waals surface area contributed by atoms with E-state index in [1.165, 1.54) is 11.5 Å². The zero-order valence-corrected chi connectivity index (χ0v) is 13.2. The molecule has 0 saturated carbocycles. The molecule has 0 spiro atoms. The van der Waals surface area contributed by atoms with Gasteiger partial charge in [-0.05, 0) is 31.9 Å². The highest BCUT2D eigenvalue weighted by atomic mass is 16.2. The van der Waals surface area contributed by atoms with Crippen molar-refractivity contribution >= 4 is 17.5 Å². The number of aromatic nitrogens is 1. The molecule has 2 amide bonds. The molecule has 120 valence electrons. The van der Waals surface area contributed by atoms with E-state index in [1.54, 1.807) is 19.1 Å². The van der Waals surface area contributed by atoms with Crippen molar-refractivity contribution in [3.05, 3.63) is 28.2 Å². The Kier molecular flexibility index (Phi) is 5.35. The van der Waals surface area contributed by atoms with Crippen molar-refractivity contribution < 1.29 is 9.59 Å². The van der Waals surface area contributed by atoms with Gasteiger partial charge in [0.1, 0.15) is 12.2 Å². The lowest BCUT2D eigenvalue weighted by atomic mass is 10.2. The number of aryl methyl sites for hydroxylation is 1. The van der Waals surface area contributed by atoms with Crippen LogP contribution in [0.15, 0.2) is 16.9 Å². The smallest absolute Gasteiger partial charge is 0.274 e. The Morgan fingerprint density at radius 1 is 1.14 bits per heavy atom. The molecule has 0 radical (unpaired) electrons. The summed E-state index contributed by atoms with van der Waals surface area (Å²) in [4.78, 5) is 37.8. The van der Waals surface area contributed by atoms with Crippen molar-refractivity contribution in [1.29, 1.82) is 0 Å². The van der Waals surface area contributed by atoms with Gasteiger partial charge in [-0.2, -0.15) is 0 Å². The van der Waals surface area contributed by atoms with Crippen LogP contribution in [0.3, 0.4) is 0 Å². The molecule has 2 heterocycles. The Balaban J connectivity index is 2.19. The van der Waals surface area contributed by atoms with Crippen LogP contribution in [0.25, 0.3) is 0 Å². The van der Waals surface area contributed by atoms with Gasteiger partial charge in [0, 0.05) is 25.7 Å². The SMILES string of the molecule is CC(=O)Nc1ccc(C)n(CC(=O)N2CCCCCC2)c1=O.